The van der Waals surface area contributed by atoms with Crippen LogP contribution in [-0.2, 0) is 0 Å². The number of nitrogens with zero attached hydrogens (tertiary/aromatic N) is 1. The van der Waals surface area contributed by atoms with E-state index < -0.39 is 0 Å². The van der Waals surface area contributed by atoms with Crippen molar-refractivity contribution >= 4 is 5.91 Å². The zero-order valence-electron chi connectivity index (χ0n) is 11.5. The number of rotatable bonds is 2. The van der Waals surface area contributed by atoms with Crippen LogP contribution in [0.4, 0.5) is 4.39 Å². The third-order valence-corrected chi connectivity index (χ3v) is 2.28. The largest absolute Gasteiger partial charge is 0.345 e. The van der Waals surface area contributed by atoms with Gasteiger partial charge in [0.15, 0.2) is 0 Å². The molecule has 0 aliphatic heterocycles. The van der Waals surface area contributed by atoms with Crippen LogP contribution in [0, 0.1) is 5.82 Å². The van der Waals surface area contributed by atoms with E-state index in [0.29, 0.717) is 11.1 Å². The molecule has 17 heavy (non-hydrogen) atoms. The van der Waals surface area contributed by atoms with E-state index in [-0.39, 0.29) is 17.6 Å². The molecule has 0 atom stereocenters. The maximum atomic E-state index is 13.6. The number of amides is 1. The Hall–Kier alpha value is -1.38. The summed E-state index contributed by atoms with van der Waals surface area (Å²) < 4.78 is 13.6. The molecule has 0 N–H and O–H groups in total. The van der Waals surface area contributed by atoms with Crippen molar-refractivity contribution in [2.24, 2.45) is 0 Å². The van der Waals surface area contributed by atoms with Crippen molar-refractivity contribution in [3.8, 4) is 0 Å². The fraction of sp³-hybridized carbons (Fsp3) is 0.500. The lowest BCUT2D eigenvalue weighted by Gasteiger charge is -2.12. The molecule has 0 bridgehead atoms. The predicted octanol–water partition coefficient (Wildman–Crippen LogP) is 3.68. The average Bonchev–Trinajstić information content (AvgIpc) is 2.29. The van der Waals surface area contributed by atoms with Gasteiger partial charge in [-0.1, -0.05) is 33.8 Å². The topological polar surface area (TPSA) is 20.3 Å². The molecular weight excluding hydrogens is 217 g/mol. The fourth-order valence-corrected chi connectivity index (χ4v) is 1.39. The predicted molar refractivity (Wildman–Crippen MR) is 69.9 cm³/mol. The van der Waals surface area contributed by atoms with Gasteiger partial charge in [0.1, 0.15) is 5.82 Å². The first-order valence-corrected chi connectivity index (χ1v) is 5.94. The minimum absolute atomic E-state index is 0.133. The molecule has 0 spiro atoms. The van der Waals surface area contributed by atoms with E-state index in [1.807, 2.05) is 27.7 Å². The van der Waals surface area contributed by atoms with Crippen molar-refractivity contribution in [2.45, 2.75) is 33.6 Å². The standard InChI is InChI=1S/C12H16FNO.C2H6/c1-8(2)10-6-5-9(7-11(10)13)12(15)14(3)4;1-2/h5-8H,1-4H3;1-2H3. The Labute approximate surface area is 103 Å². The van der Waals surface area contributed by atoms with E-state index in [9.17, 15) is 9.18 Å². The molecule has 0 unspecified atom stereocenters. The smallest absolute Gasteiger partial charge is 0.253 e. The van der Waals surface area contributed by atoms with Crippen LogP contribution < -0.4 is 0 Å². The first-order chi connectivity index (χ1) is 7.93. The molecule has 2 nitrogen and oxygen atoms in total. The van der Waals surface area contributed by atoms with Gasteiger partial charge in [-0.05, 0) is 23.6 Å². The highest BCUT2D eigenvalue weighted by Crippen LogP contribution is 2.19. The molecular formula is C14H22FNO. The first kappa shape index (κ1) is 15.6. The van der Waals surface area contributed by atoms with Crippen molar-refractivity contribution in [3.05, 3.63) is 35.1 Å². The molecule has 96 valence electrons. The molecule has 3 heteroatoms. The Balaban J connectivity index is 0.00000121. The molecule has 0 saturated carbocycles. The SMILES string of the molecule is CC.CC(C)c1ccc(C(=O)N(C)C)cc1F. The van der Waals surface area contributed by atoms with Crippen LogP contribution in [0.1, 0.15) is 49.5 Å². The minimum Gasteiger partial charge on any atom is -0.345 e. The monoisotopic (exact) mass is 239 g/mol. The number of hydrogen-bond acceptors (Lipinski definition) is 1. The molecule has 0 heterocycles. The van der Waals surface area contributed by atoms with Gasteiger partial charge >= 0.3 is 0 Å². The van der Waals surface area contributed by atoms with Gasteiger partial charge in [-0.3, -0.25) is 4.79 Å². The van der Waals surface area contributed by atoms with Crippen molar-refractivity contribution in [1.29, 1.82) is 0 Å². The molecule has 0 saturated heterocycles. The van der Waals surface area contributed by atoms with E-state index in [4.69, 9.17) is 0 Å². The highest BCUT2D eigenvalue weighted by atomic mass is 19.1. The van der Waals surface area contributed by atoms with Crippen molar-refractivity contribution in [2.75, 3.05) is 14.1 Å². The molecule has 0 aliphatic carbocycles. The first-order valence-electron chi connectivity index (χ1n) is 5.94. The van der Waals surface area contributed by atoms with Gasteiger partial charge in [-0.2, -0.15) is 0 Å². The molecule has 1 rings (SSSR count). The van der Waals surface area contributed by atoms with Crippen LogP contribution in [0.3, 0.4) is 0 Å². The van der Waals surface area contributed by atoms with Crippen LogP contribution in [0.25, 0.3) is 0 Å². The zero-order chi connectivity index (χ0) is 13.6. The number of hydrogen-bond donors (Lipinski definition) is 0. The second kappa shape index (κ2) is 7.05. The van der Waals surface area contributed by atoms with Gasteiger partial charge in [0, 0.05) is 19.7 Å². The van der Waals surface area contributed by atoms with Crippen LogP contribution in [0.5, 0.6) is 0 Å². The third-order valence-electron chi connectivity index (χ3n) is 2.28. The maximum Gasteiger partial charge on any atom is 0.253 e. The molecule has 1 aromatic rings. The average molecular weight is 239 g/mol. The number of halogens is 1. The van der Waals surface area contributed by atoms with Crippen LogP contribution >= 0.6 is 0 Å². The van der Waals surface area contributed by atoms with Crippen LogP contribution in [0.2, 0.25) is 0 Å². The number of carbonyl (C=O) groups is 1. The van der Waals surface area contributed by atoms with E-state index in [1.165, 1.54) is 11.0 Å². The Kier molecular flexibility index (Phi) is 6.47. The van der Waals surface area contributed by atoms with E-state index >= 15 is 0 Å². The molecule has 0 fully saturated rings. The quantitative estimate of drug-likeness (QED) is 0.771. The normalized spacial score (nSPS) is 9.65. The highest BCUT2D eigenvalue weighted by Gasteiger charge is 2.12. The summed E-state index contributed by atoms with van der Waals surface area (Å²) in [7, 11) is 3.30. The van der Waals surface area contributed by atoms with Gasteiger partial charge in [-0.25, -0.2) is 4.39 Å². The van der Waals surface area contributed by atoms with Gasteiger partial charge < -0.3 is 4.90 Å². The molecule has 0 aliphatic rings. The summed E-state index contributed by atoms with van der Waals surface area (Å²) >= 11 is 0. The van der Waals surface area contributed by atoms with Gasteiger partial charge in [0.25, 0.3) is 5.91 Å². The van der Waals surface area contributed by atoms with E-state index in [2.05, 4.69) is 0 Å². The summed E-state index contributed by atoms with van der Waals surface area (Å²) in [4.78, 5) is 13.0. The van der Waals surface area contributed by atoms with E-state index in [1.54, 1.807) is 26.2 Å². The zero-order valence-corrected chi connectivity index (χ0v) is 11.5. The Morgan fingerprint density at radius 1 is 1.24 bits per heavy atom. The van der Waals surface area contributed by atoms with Crippen LogP contribution in [0.15, 0.2) is 18.2 Å². The number of benzene rings is 1. The molecule has 1 aromatic carbocycles. The summed E-state index contributed by atoms with van der Waals surface area (Å²) in [5.41, 5.74) is 1.03. The molecule has 0 radical (unpaired) electrons. The van der Waals surface area contributed by atoms with E-state index in [0.717, 1.165) is 0 Å². The summed E-state index contributed by atoms with van der Waals surface area (Å²) in [6, 6.07) is 4.65. The van der Waals surface area contributed by atoms with Crippen LogP contribution in [-0.4, -0.2) is 24.9 Å². The Morgan fingerprint density at radius 2 is 1.76 bits per heavy atom. The van der Waals surface area contributed by atoms with Crippen molar-refractivity contribution in [3.63, 3.8) is 0 Å². The second-order valence-electron chi connectivity index (χ2n) is 4.09. The lowest BCUT2D eigenvalue weighted by atomic mass is 10.0. The van der Waals surface area contributed by atoms with Gasteiger partial charge in [-0.15, -0.1) is 0 Å². The van der Waals surface area contributed by atoms with Gasteiger partial charge in [0.05, 0.1) is 0 Å². The summed E-state index contributed by atoms with van der Waals surface area (Å²) in [6.45, 7) is 7.84. The maximum absolute atomic E-state index is 13.6. The summed E-state index contributed by atoms with van der Waals surface area (Å²) in [5, 5.41) is 0. The van der Waals surface area contributed by atoms with Crippen molar-refractivity contribution < 1.29 is 9.18 Å². The number of carbonyl (C=O) groups excluding carboxylic acids is 1. The van der Waals surface area contributed by atoms with Crippen molar-refractivity contribution in [1.82, 2.24) is 4.90 Å². The third kappa shape index (κ3) is 4.17. The minimum atomic E-state index is -0.308. The Bertz CT molecular complexity index is 372. The van der Waals surface area contributed by atoms with Gasteiger partial charge in [0.2, 0.25) is 0 Å². The molecule has 1 amide bonds. The summed E-state index contributed by atoms with van der Waals surface area (Å²) in [6.07, 6.45) is 0. The highest BCUT2D eigenvalue weighted by molar-refractivity contribution is 5.93. The lowest BCUT2D eigenvalue weighted by Crippen LogP contribution is -2.21. The lowest BCUT2D eigenvalue weighted by molar-refractivity contribution is 0.0827. The fourth-order valence-electron chi connectivity index (χ4n) is 1.39. The summed E-state index contributed by atoms with van der Waals surface area (Å²) in [5.74, 6) is -0.351. The second-order valence-corrected chi connectivity index (χ2v) is 4.09. The Morgan fingerprint density at radius 3 is 2.12 bits per heavy atom. The molecule has 0 aromatic heterocycles.